The van der Waals surface area contributed by atoms with Crippen molar-refractivity contribution in [3.05, 3.63) is 30.3 Å². The highest BCUT2D eigenvalue weighted by molar-refractivity contribution is 7.89. The molecular formula is C21H33N3O4S. The van der Waals surface area contributed by atoms with Crippen molar-refractivity contribution in [1.29, 1.82) is 0 Å². The van der Waals surface area contributed by atoms with Gasteiger partial charge in [0.15, 0.2) is 0 Å². The number of hydrogen-bond acceptors (Lipinski definition) is 5. The highest BCUT2D eigenvalue weighted by atomic mass is 32.2. The van der Waals surface area contributed by atoms with Crippen LogP contribution in [0.25, 0.3) is 0 Å². The molecule has 1 aromatic rings. The first-order chi connectivity index (χ1) is 13.7. The number of ether oxygens (including phenoxy) is 1. The zero-order valence-corrected chi connectivity index (χ0v) is 18.4. The molecule has 2 fully saturated rings. The van der Waals surface area contributed by atoms with Gasteiger partial charge < -0.3 is 9.64 Å². The molecule has 0 saturated carbocycles. The molecular weight excluding hydrogens is 390 g/mol. The summed E-state index contributed by atoms with van der Waals surface area (Å²) in [4.78, 5) is 17.2. The van der Waals surface area contributed by atoms with Crippen LogP contribution in [0.4, 0.5) is 0 Å². The molecule has 1 amide bonds. The van der Waals surface area contributed by atoms with E-state index in [-0.39, 0.29) is 23.0 Å². The van der Waals surface area contributed by atoms with E-state index < -0.39 is 16.1 Å². The minimum absolute atomic E-state index is 0.156. The first-order valence-electron chi connectivity index (χ1n) is 10.5. The van der Waals surface area contributed by atoms with Gasteiger partial charge in [0.05, 0.1) is 23.1 Å². The second kappa shape index (κ2) is 9.55. The molecule has 3 rings (SSSR count). The number of piperidine rings is 1. The molecule has 8 heteroatoms. The van der Waals surface area contributed by atoms with Gasteiger partial charge in [-0.05, 0) is 51.7 Å². The van der Waals surface area contributed by atoms with Crippen molar-refractivity contribution in [2.24, 2.45) is 5.92 Å². The van der Waals surface area contributed by atoms with Crippen LogP contribution in [0.1, 0.15) is 33.6 Å². The average Bonchev–Trinajstić information content (AvgIpc) is 2.67. The maximum Gasteiger partial charge on any atom is 0.241 e. The minimum atomic E-state index is -3.70. The molecule has 2 aliphatic rings. The SMILES string of the molecule is CC1CN(CC2CCN(C(=O)[C@H](C)NS(=O)(=O)c3ccccc3)CC2)CC(C)O1. The molecule has 1 N–H and O–H groups in total. The Balaban J connectivity index is 1.48. The number of amides is 1. The number of hydrogen-bond donors (Lipinski definition) is 1. The number of benzene rings is 1. The quantitative estimate of drug-likeness (QED) is 0.754. The third-order valence-electron chi connectivity index (χ3n) is 5.69. The Hall–Kier alpha value is -1.48. The number of nitrogens with one attached hydrogen (secondary N) is 1. The largest absolute Gasteiger partial charge is 0.373 e. The fourth-order valence-corrected chi connectivity index (χ4v) is 5.58. The molecule has 0 radical (unpaired) electrons. The highest BCUT2D eigenvalue weighted by Gasteiger charge is 2.30. The molecule has 2 saturated heterocycles. The predicted octanol–water partition coefficient (Wildman–Crippen LogP) is 1.70. The normalized spacial score (nSPS) is 25.7. The Bertz CT molecular complexity index is 768. The zero-order valence-electron chi connectivity index (χ0n) is 17.6. The Morgan fingerprint density at radius 1 is 1.14 bits per heavy atom. The maximum absolute atomic E-state index is 12.8. The van der Waals surface area contributed by atoms with Gasteiger partial charge in [-0.1, -0.05) is 18.2 Å². The van der Waals surface area contributed by atoms with E-state index in [1.807, 2.05) is 0 Å². The van der Waals surface area contributed by atoms with Crippen molar-refractivity contribution in [2.75, 3.05) is 32.7 Å². The monoisotopic (exact) mass is 423 g/mol. The summed E-state index contributed by atoms with van der Waals surface area (Å²) in [5.41, 5.74) is 0. The van der Waals surface area contributed by atoms with Crippen LogP contribution < -0.4 is 4.72 Å². The van der Waals surface area contributed by atoms with Crippen molar-refractivity contribution in [3.63, 3.8) is 0 Å². The summed E-state index contributed by atoms with van der Waals surface area (Å²) in [5, 5.41) is 0. The van der Waals surface area contributed by atoms with E-state index in [4.69, 9.17) is 4.74 Å². The van der Waals surface area contributed by atoms with Crippen LogP contribution in [0, 0.1) is 5.92 Å². The van der Waals surface area contributed by atoms with Crippen molar-refractivity contribution < 1.29 is 17.9 Å². The van der Waals surface area contributed by atoms with Gasteiger partial charge in [0.1, 0.15) is 0 Å². The summed E-state index contributed by atoms with van der Waals surface area (Å²) in [6, 6.07) is 7.37. The van der Waals surface area contributed by atoms with Crippen molar-refractivity contribution >= 4 is 15.9 Å². The molecule has 7 nitrogen and oxygen atoms in total. The molecule has 162 valence electrons. The van der Waals surface area contributed by atoms with E-state index in [1.165, 1.54) is 12.1 Å². The van der Waals surface area contributed by atoms with Crippen LogP contribution in [0.5, 0.6) is 0 Å². The molecule has 0 spiro atoms. The number of likely N-dealkylation sites (tertiary alicyclic amines) is 1. The number of nitrogens with zero attached hydrogens (tertiary/aromatic N) is 2. The molecule has 2 unspecified atom stereocenters. The lowest BCUT2D eigenvalue weighted by Gasteiger charge is -2.39. The van der Waals surface area contributed by atoms with E-state index >= 15 is 0 Å². The molecule has 2 heterocycles. The average molecular weight is 424 g/mol. The summed E-state index contributed by atoms with van der Waals surface area (Å²) in [6.07, 6.45) is 2.42. The number of carbonyl (C=O) groups excluding carboxylic acids is 1. The summed E-state index contributed by atoms with van der Waals surface area (Å²) in [6.45, 7) is 10.2. The third kappa shape index (κ3) is 6.01. The summed E-state index contributed by atoms with van der Waals surface area (Å²) >= 11 is 0. The Morgan fingerprint density at radius 3 is 2.31 bits per heavy atom. The van der Waals surface area contributed by atoms with Gasteiger partial charge in [-0.2, -0.15) is 4.72 Å². The number of morpholine rings is 1. The third-order valence-corrected chi connectivity index (χ3v) is 7.25. The maximum atomic E-state index is 12.8. The van der Waals surface area contributed by atoms with Crippen molar-refractivity contribution in [3.8, 4) is 0 Å². The molecule has 2 aliphatic heterocycles. The van der Waals surface area contributed by atoms with E-state index in [2.05, 4.69) is 23.5 Å². The number of sulfonamides is 1. The second-order valence-corrected chi connectivity index (χ2v) is 10.1. The topological polar surface area (TPSA) is 79.0 Å². The Morgan fingerprint density at radius 2 is 1.72 bits per heavy atom. The lowest BCUT2D eigenvalue weighted by Crippen LogP contribution is -2.51. The molecule has 0 bridgehead atoms. The van der Waals surface area contributed by atoms with Crippen LogP contribution in [-0.4, -0.2) is 75.1 Å². The standard InChI is InChI=1S/C21H33N3O4S/c1-16-13-23(14-17(2)28-16)15-19-9-11-24(12-10-19)21(25)18(3)22-29(26,27)20-7-5-4-6-8-20/h4-8,16-19,22H,9-15H2,1-3H3/t16?,17?,18-/m0/s1. The van der Waals surface area contributed by atoms with Crippen molar-refractivity contribution in [1.82, 2.24) is 14.5 Å². The Kier molecular flexibility index (Phi) is 7.32. The molecule has 0 aromatic heterocycles. The molecule has 3 atom stereocenters. The van der Waals surface area contributed by atoms with Gasteiger partial charge in [0.2, 0.25) is 15.9 Å². The van der Waals surface area contributed by atoms with Gasteiger partial charge in [-0.25, -0.2) is 8.42 Å². The first kappa shape index (κ1) is 22.2. The van der Waals surface area contributed by atoms with Crippen LogP contribution >= 0.6 is 0 Å². The Labute approximate surface area is 174 Å². The molecule has 1 aromatic carbocycles. The van der Waals surface area contributed by atoms with Crippen LogP contribution in [0.15, 0.2) is 35.2 Å². The lowest BCUT2D eigenvalue weighted by molar-refractivity contribution is -0.134. The first-order valence-corrected chi connectivity index (χ1v) is 12.0. The van der Waals surface area contributed by atoms with Gasteiger partial charge in [0.25, 0.3) is 0 Å². The van der Waals surface area contributed by atoms with Crippen LogP contribution in [-0.2, 0) is 19.6 Å². The lowest BCUT2D eigenvalue weighted by atomic mass is 9.95. The van der Waals surface area contributed by atoms with Crippen LogP contribution in [0.2, 0.25) is 0 Å². The van der Waals surface area contributed by atoms with Gasteiger partial charge in [0, 0.05) is 32.7 Å². The van der Waals surface area contributed by atoms with Gasteiger partial charge in [-0.15, -0.1) is 0 Å². The van der Waals surface area contributed by atoms with E-state index in [9.17, 15) is 13.2 Å². The second-order valence-electron chi connectivity index (χ2n) is 8.40. The summed E-state index contributed by atoms with van der Waals surface area (Å²) < 4.78 is 33.2. The highest BCUT2D eigenvalue weighted by Crippen LogP contribution is 2.21. The van der Waals surface area contributed by atoms with E-state index in [0.29, 0.717) is 19.0 Å². The molecule has 29 heavy (non-hydrogen) atoms. The summed E-state index contributed by atoms with van der Waals surface area (Å²) in [7, 11) is -3.70. The molecule has 0 aliphatic carbocycles. The van der Waals surface area contributed by atoms with E-state index in [1.54, 1.807) is 30.0 Å². The fourth-order valence-electron chi connectivity index (χ4n) is 4.36. The van der Waals surface area contributed by atoms with Gasteiger partial charge >= 0.3 is 0 Å². The van der Waals surface area contributed by atoms with E-state index in [0.717, 1.165) is 32.5 Å². The van der Waals surface area contributed by atoms with Crippen molar-refractivity contribution in [2.45, 2.75) is 56.8 Å². The van der Waals surface area contributed by atoms with Crippen LogP contribution in [0.3, 0.4) is 0 Å². The zero-order chi connectivity index (χ0) is 21.0. The number of carbonyl (C=O) groups is 1. The fraction of sp³-hybridized carbons (Fsp3) is 0.667. The number of rotatable bonds is 6. The smallest absolute Gasteiger partial charge is 0.241 e. The minimum Gasteiger partial charge on any atom is -0.373 e. The predicted molar refractivity (Wildman–Crippen MR) is 112 cm³/mol. The van der Waals surface area contributed by atoms with Gasteiger partial charge in [-0.3, -0.25) is 9.69 Å². The summed E-state index contributed by atoms with van der Waals surface area (Å²) in [5.74, 6) is 0.407.